The van der Waals surface area contributed by atoms with Gasteiger partial charge in [-0.1, -0.05) is 33.6 Å². The van der Waals surface area contributed by atoms with Gasteiger partial charge in [-0.2, -0.15) is 0 Å². The van der Waals surface area contributed by atoms with Crippen LogP contribution in [0.25, 0.3) is 0 Å². The van der Waals surface area contributed by atoms with Crippen LogP contribution in [0.15, 0.2) is 0 Å². The molecule has 0 nitrogen and oxygen atoms in total. The Balaban J connectivity index is 1.64. The van der Waals surface area contributed by atoms with Gasteiger partial charge in [-0.3, -0.25) is 0 Å². The standard InChI is InChI=1S/C15H24/c1-4-5-10-6-9(2)12-11-7-14(3)8-15(11,14)13(10)12/h9-13H,4-8H2,1-3H3. The highest BCUT2D eigenvalue weighted by atomic mass is 14.9. The quantitative estimate of drug-likeness (QED) is 0.635. The van der Waals surface area contributed by atoms with Crippen LogP contribution in [0.4, 0.5) is 0 Å². The van der Waals surface area contributed by atoms with E-state index in [9.17, 15) is 0 Å². The van der Waals surface area contributed by atoms with Crippen LogP contribution in [0.2, 0.25) is 0 Å². The molecule has 4 rings (SSSR count). The Morgan fingerprint density at radius 3 is 2.73 bits per heavy atom. The Labute approximate surface area is 93.8 Å². The first-order valence-corrected chi connectivity index (χ1v) is 7.14. The molecule has 4 aliphatic rings. The van der Waals surface area contributed by atoms with E-state index >= 15 is 0 Å². The van der Waals surface area contributed by atoms with Crippen LogP contribution in [-0.4, -0.2) is 0 Å². The molecule has 0 amide bonds. The maximum atomic E-state index is 2.58. The molecule has 0 saturated heterocycles. The molecule has 0 N–H and O–H groups in total. The molecule has 0 heterocycles. The van der Waals surface area contributed by atoms with Gasteiger partial charge in [0.25, 0.3) is 0 Å². The maximum absolute atomic E-state index is 2.58. The van der Waals surface area contributed by atoms with Gasteiger partial charge in [0, 0.05) is 0 Å². The third-order valence-electron chi connectivity index (χ3n) is 6.99. The van der Waals surface area contributed by atoms with E-state index in [4.69, 9.17) is 0 Å². The largest absolute Gasteiger partial charge is 0.0654 e. The normalized spacial score (nSPS) is 68.6. The lowest BCUT2D eigenvalue weighted by Gasteiger charge is -2.63. The van der Waals surface area contributed by atoms with Crippen molar-refractivity contribution in [3.8, 4) is 0 Å². The van der Waals surface area contributed by atoms with E-state index in [1.54, 1.807) is 19.3 Å². The summed E-state index contributed by atoms with van der Waals surface area (Å²) < 4.78 is 0. The summed E-state index contributed by atoms with van der Waals surface area (Å²) in [6, 6.07) is 0. The third-order valence-corrected chi connectivity index (χ3v) is 6.99. The van der Waals surface area contributed by atoms with Crippen LogP contribution in [0.1, 0.15) is 52.9 Å². The predicted molar refractivity (Wildman–Crippen MR) is 62.4 cm³/mol. The average Bonchev–Trinajstić information content (AvgIpc) is 2.61. The Kier molecular flexibility index (Phi) is 1.40. The minimum Gasteiger partial charge on any atom is -0.0654 e. The molecule has 7 unspecified atom stereocenters. The summed E-state index contributed by atoms with van der Waals surface area (Å²) in [5.74, 6) is 5.71. The number of hydrogen-bond acceptors (Lipinski definition) is 0. The molecule has 84 valence electrons. The van der Waals surface area contributed by atoms with Gasteiger partial charge >= 0.3 is 0 Å². The van der Waals surface area contributed by atoms with Gasteiger partial charge in [-0.15, -0.1) is 0 Å². The molecule has 0 bridgehead atoms. The fourth-order valence-corrected chi connectivity index (χ4v) is 6.64. The van der Waals surface area contributed by atoms with E-state index in [0.29, 0.717) is 0 Å². The fourth-order valence-electron chi connectivity index (χ4n) is 6.64. The molecule has 4 aliphatic carbocycles. The number of rotatable bonds is 2. The molecule has 0 aromatic carbocycles. The second-order valence-electron chi connectivity index (χ2n) is 7.45. The second kappa shape index (κ2) is 2.31. The van der Waals surface area contributed by atoms with Crippen LogP contribution in [0.3, 0.4) is 0 Å². The van der Waals surface area contributed by atoms with Gasteiger partial charge in [0.1, 0.15) is 0 Å². The highest BCUT2D eigenvalue weighted by Crippen LogP contribution is 2.94. The number of hydrogen-bond donors (Lipinski definition) is 0. The van der Waals surface area contributed by atoms with Gasteiger partial charge in [0.05, 0.1) is 0 Å². The molecule has 1 spiro atoms. The van der Waals surface area contributed by atoms with Gasteiger partial charge in [-0.05, 0) is 59.7 Å². The van der Waals surface area contributed by atoms with E-state index < -0.39 is 0 Å². The SMILES string of the molecule is CCCC1CC(C)C2C3CC4(C)CC34C12. The van der Waals surface area contributed by atoms with Crippen molar-refractivity contribution in [3.63, 3.8) is 0 Å². The molecule has 7 atom stereocenters. The predicted octanol–water partition coefficient (Wildman–Crippen LogP) is 4.10. The Morgan fingerprint density at radius 1 is 1.33 bits per heavy atom. The first kappa shape index (κ1) is 9.07. The third kappa shape index (κ3) is 0.718. The molecular formula is C15H24. The van der Waals surface area contributed by atoms with E-state index in [1.807, 2.05) is 0 Å². The molecule has 15 heavy (non-hydrogen) atoms. The summed E-state index contributed by atoms with van der Waals surface area (Å²) in [6.45, 7) is 7.49. The molecule has 4 saturated carbocycles. The molecule has 0 radical (unpaired) electrons. The molecule has 0 aliphatic heterocycles. The van der Waals surface area contributed by atoms with Crippen molar-refractivity contribution in [1.82, 2.24) is 0 Å². The Morgan fingerprint density at radius 2 is 2.13 bits per heavy atom. The average molecular weight is 204 g/mol. The zero-order valence-corrected chi connectivity index (χ0v) is 10.4. The van der Waals surface area contributed by atoms with Crippen molar-refractivity contribution in [2.75, 3.05) is 0 Å². The molecule has 0 aromatic rings. The van der Waals surface area contributed by atoms with Crippen molar-refractivity contribution in [2.45, 2.75) is 52.9 Å². The van der Waals surface area contributed by atoms with E-state index in [1.165, 1.54) is 24.7 Å². The Bertz CT molecular complexity index is 320. The van der Waals surface area contributed by atoms with Crippen LogP contribution in [-0.2, 0) is 0 Å². The van der Waals surface area contributed by atoms with Crippen LogP contribution in [0, 0.1) is 40.4 Å². The van der Waals surface area contributed by atoms with E-state index in [-0.39, 0.29) is 0 Å². The number of fused-ring (bicyclic) bond motifs is 2. The minimum absolute atomic E-state index is 0.842. The monoisotopic (exact) mass is 204 g/mol. The maximum Gasteiger partial charge on any atom is -0.0173 e. The highest BCUT2D eigenvalue weighted by molar-refractivity contribution is 5.36. The fraction of sp³-hybridized carbons (Fsp3) is 1.00. The van der Waals surface area contributed by atoms with Crippen molar-refractivity contribution < 1.29 is 0 Å². The van der Waals surface area contributed by atoms with Crippen LogP contribution in [0.5, 0.6) is 0 Å². The van der Waals surface area contributed by atoms with Crippen LogP contribution >= 0.6 is 0 Å². The lowest BCUT2D eigenvalue weighted by Crippen LogP contribution is -2.59. The van der Waals surface area contributed by atoms with Crippen molar-refractivity contribution in [1.29, 1.82) is 0 Å². The first-order valence-electron chi connectivity index (χ1n) is 7.14. The summed E-state index contributed by atoms with van der Waals surface area (Å²) in [4.78, 5) is 0. The molecule has 0 aromatic heterocycles. The van der Waals surface area contributed by atoms with Gasteiger partial charge < -0.3 is 0 Å². The van der Waals surface area contributed by atoms with Crippen molar-refractivity contribution in [3.05, 3.63) is 0 Å². The van der Waals surface area contributed by atoms with Gasteiger partial charge in [0.2, 0.25) is 0 Å². The smallest absolute Gasteiger partial charge is 0.0173 e. The first-order chi connectivity index (χ1) is 7.14. The Hall–Kier alpha value is 0. The topological polar surface area (TPSA) is 0 Å². The second-order valence-corrected chi connectivity index (χ2v) is 7.45. The van der Waals surface area contributed by atoms with Gasteiger partial charge in [-0.25, -0.2) is 0 Å². The van der Waals surface area contributed by atoms with Crippen LogP contribution < -0.4 is 0 Å². The highest BCUT2D eigenvalue weighted by Gasteiger charge is 2.88. The summed E-state index contributed by atoms with van der Waals surface area (Å²) in [5, 5.41) is 0. The molecule has 0 heteroatoms. The lowest BCUT2D eigenvalue weighted by molar-refractivity contribution is -0.162. The zero-order valence-electron chi connectivity index (χ0n) is 10.4. The minimum atomic E-state index is 0.842. The van der Waals surface area contributed by atoms with Gasteiger partial charge in [0.15, 0.2) is 0 Å². The summed E-state index contributed by atoms with van der Waals surface area (Å²) in [6.07, 6.45) is 7.71. The molecule has 4 fully saturated rings. The summed E-state index contributed by atoms with van der Waals surface area (Å²) in [7, 11) is 0. The zero-order chi connectivity index (χ0) is 10.4. The van der Waals surface area contributed by atoms with E-state index in [0.717, 1.165) is 28.6 Å². The van der Waals surface area contributed by atoms with Crippen molar-refractivity contribution in [2.24, 2.45) is 40.4 Å². The lowest BCUT2D eigenvalue weighted by atomic mass is 9.41. The van der Waals surface area contributed by atoms with Crippen molar-refractivity contribution >= 4 is 0 Å². The van der Waals surface area contributed by atoms with E-state index in [2.05, 4.69) is 20.8 Å². The molecular weight excluding hydrogens is 180 g/mol. The summed E-state index contributed by atoms with van der Waals surface area (Å²) in [5.41, 5.74) is 1.76. The summed E-state index contributed by atoms with van der Waals surface area (Å²) >= 11 is 0.